The first-order valence-corrected chi connectivity index (χ1v) is 10.1. The Hall–Kier alpha value is -2.22. The largest absolute Gasteiger partial charge is 0.497 e. The van der Waals surface area contributed by atoms with Crippen LogP contribution in [0.1, 0.15) is 11.6 Å². The van der Waals surface area contributed by atoms with Crippen LogP contribution in [0.2, 0.25) is 0 Å². The van der Waals surface area contributed by atoms with Crippen molar-refractivity contribution in [3.8, 4) is 5.75 Å². The van der Waals surface area contributed by atoms with E-state index in [9.17, 15) is 0 Å². The van der Waals surface area contributed by atoms with Gasteiger partial charge in [-0.25, -0.2) is 9.97 Å². The van der Waals surface area contributed by atoms with E-state index in [0.717, 1.165) is 59.8 Å². The molecule has 1 aliphatic rings. The second-order valence-corrected chi connectivity index (χ2v) is 7.62. The summed E-state index contributed by atoms with van der Waals surface area (Å²) in [5.74, 6) is 1.71. The summed E-state index contributed by atoms with van der Waals surface area (Å²) in [5.41, 5.74) is 2.17. The molecule has 3 aromatic rings. The van der Waals surface area contributed by atoms with Gasteiger partial charge in [0.25, 0.3) is 0 Å². The van der Waals surface area contributed by atoms with E-state index in [1.54, 1.807) is 13.4 Å². The zero-order valence-corrected chi connectivity index (χ0v) is 17.4. The molecule has 0 amide bonds. The van der Waals surface area contributed by atoms with Gasteiger partial charge in [-0.05, 0) is 35.9 Å². The van der Waals surface area contributed by atoms with E-state index in [2.05, 4.69) is 54.3 Å². The fourth-order valence-electron chi connectivity index (χ4n) is 3.54. The number of rotatable bonds is 6. The average Bonchev–Trinajstić information content (AvgIpc) is 2.75. The van der Waals surface area contributed by atoms with Crippen molar-refractivity contribution in [1.82, 2.24) is 14.9 Å². The lowest BCUT2D eigenvalue weighted by molar-refractivity contribution is 0.0187. The maximum Gasteiger partial charge on any atom is 0.137 e. The average molecular weight is 443 g/mol. The van der Waals surface area contributed by atoms with Crippen molar-refractivity contribution in [2.24, 2.45) is 0 Å². The van der Waals surface area contributed by atoms with Gasteiger partial charge in [0.15, 0.2) is 0 Å². The standard InChI is InChI=1S/C21H23BrN4O2/c1-27-17-5-2-15(3-6-17)20(26-8-10-28-11-9-26)13-23-21-18-12-16(22)4-7-19(18)24-14-25-21/h2-7,12,14,20H,8-11,13H2,1H3,(H,23,24,25). The second kappa shape index (κ2) is 8.86. The quantitative estimate of drug-likeness (QED) is 0.624. The third-order valence-corrected chi connectivity index (χ3v) is 5.54. The van der Waals surface area contributed by atoms with Crippen molar-refractivity contribution in [2.45, 2.75) is 6.04 Å². The predicted molar refractivity (Wildman–Crippen MR) is 114 cm³/mol. The van der Waals surface area contributed by atoms with Crippen molar-refractivity contribution < 1.29 is 9.47 Å². The molecule has 1 aromatic heterocycles. The highest BCUT2D eigenvalue weighted by atomic mass is 79.9. The first-order valence-electron chi connectivity index (χ1n) is 9.34. The number of nitrogens with one attached hydrogen (secondary N) is 1. The Balaban J connectivity index is 1.59. The molecule has 1 unspecified atom stereocenters. The molecule has 1 aliphatic heterocycles. The van der Waals surface area contributed by atoms with Crippen LogP contribution in [0.15, 0.2) is 53.3 Å². The summed E-state index contributed by atoms with van der Waals surface area (Å²) < 4.78 is 11.9. The zero-order valence-electron chi connectivity index (χ0n) is 15.8. The monoisotopic (exact) mass is 442 g/mol. The van der Waals surface area contributed by atoms with E-state index < -0.39 is 0 Å². The summed E-state index contributed by atoms with van der Waals surface area (Å²) in [6.07, 6.45) is 1.61. The lowest BCUT2D eigenvalue weighted by atomic mass is 10.0. The highest BCUT2D eigenvalue weighted by Crippen LogP contribution is 2.27. The Morgan fingerprint density at radius 3 is 2.68 bits per heavy atom. The minimum Gasteiger partial charge on any atom is -0.497 e. The molecule has 1 saturated heterocycles. The van der Waals surface area contributed by atoms with Crippen LogP contribution in [0.25, 0.3) is 10.9 Å². The molecule has 0 bridgehead atoms. The van der Waals surface area contributed by atoms with Crippen LogP contribution in [-0.4, -0.2) is 54.8 Å². The molecule has 6 nitrogen and oxygen atoms in total. The Labute approximate surface area is 173 Å². The van der Waals surface area contributed by atoms with E-state index in [4.69, 9.17) is 9.47 Å². The molecule has 1 atom stereocenters. The number of ether oxygens (including phenoxy) is 2. The van der Waals surface area contributed by atoms with Crippen molar-refractivity contribution in [2.75, 3.05) is 45.3 Å². The Morgan fingerprint density at radius 1 is 1.14 bits per heavy atom. The number of fused-ring (bicyclic) bond motifs is 1. The van der Waals surface area contributed by atoms with Crippen LogP contribution in [0.4, 0.5) is 5.82 Å². The Morgan fingerprint density at radius 2 is 1.93 bits per heavy atom. The first kappa shape index (κ1) is 19.1. The normalized spacial score (nSPS) is 16.1. The second-order valence-electron chi connectivity index (χ2n) is 6.70. The molecule has 0 radical (unpaired) electrons. The fraction of sp³-hybridized carbons (Fsp3) is 0.333. The minimum atomic E-state index is 0.215. The molecule has 1 fully saturated rings. The molecular formula is C21H23BrN4O2. The summed E-state index contributed by atoms with van der Waals surface area (Å²) in [4.78, 5) is 11.3. The van der Waals surface area contributed by atoms with Gasteiger partial charge in [0, 0.05) is 29.5 Å². The third-order valence-electron chi connectivity index (χ3n) is 5.05. The van der Waals surface area contributed by atoms with Gasteiger partial charge in [0.1, 0.15) is 17.9 Å². The van der Waals surface area contributed by atoms with Crippen molar-refractivity contribution >= 4 is 32.7 Å². The molecule has 2 heterocycles. The number of benzene rings is 2. The number of aromatic nitrogens is 2. The highest BCUT2D eigenvalue weighted by molar-refractivity contribution is 9.10. The molecule has 0 aliphatic carbocycles. The van der Waals surface area contributed by atoms with Gasteiger partial charge in [-0.3, -0.25) is 4.90 Å². The maximum atomic E-state index is 5.55. The van der Waals surface area contributed by atoms with Crippen molar-refractivity contribution in [3.05, 3.63) is 58.8 Å². The highest BCUT2D eigenvalue weighted by Gasteiger charge is 2.23. The minimum absolute atomic E-state index is 0.215. The van der Waals surface area contributed by atoms with Crippen LogP contribution in [0.3, 0.4) is 0 Å². The fourth-order valence-corrected chi connectivity index (χ4v) is 3.90. The third kappa shape index (κ3) is 4.27. The Kier molecular flexibility index (Phi) is 6.04. The molecule has 4 rings (SSSR count). The van der Waals surface area contributed by atoms with Crippen LogP contribution < -0.4 is 10.1 Å². The van der Waals surface area contributed by atoms with Gasteiger partial charge in [-0.1, -0.05) is 28.1 Å². The molecular weight excluding hydrogens is 420 g/mol. The number of methoxy groups -OCH3 is 1. The van der Waals surface area contributed by atoms with Crippen molar-refractivity contribution in [3.63, 3.8) is 0 Å². The summed E-state index contributed by atoms with van der Waals surface area (Å²) in [6, 6.07) is 14.5. The molecule has 0 spiro atoms. The molecule has 0 saturated carbocycles. The SMILES string of the molecule is COc1ccc(C(CNc2ncnc3ccc(Br)cc23)N2CCOCC2)cc1. The van der Waals surface area contributed by atoms with Crippen LogP contribution in [0.5, 0.6) is 5.75 Å². The number of anilines is 1. The van der Waals surface area contributed by atoms with Gasteiger partial charge < -0.3 is 14.8 Å². The molecule has 28 heavy (non-hydrogen) atoms. The lowest BCUT2D eigenvalue weighted by Gasteiger charge is -2.35. The van der Waals surface area contributed by atoms with Crippen LogP contribution in [0, 0.1) is 0 Å². The van der Waals surface area contributed by atoms with Crippen molar-refractivity contribution in [1.29, 1.82) is 0 Å². The van der Waals surface area contributed by atoms with Gasteiger partial charge in [-0.15, -0.1) is 0 Å². The maximum absolute atomic E-state index is 5.55. The summed E-state index contributed by atoms with van der Waals surface area (Å²) in [6.45, 7) is 4.08. The van der Waals surface area contributed by atoms with E-state index in [1.807, 2.05) is 24.3 Å². The van der Waals surface area contributed by atoms with Gasteiger partial charge >= 0.3 is 0 Å². The number of morpholine rings is 1. The van der Waals surface area contributed by atoms with Gasteiger partial charge in [-0.2, -0.15) is 0 Å². The number of nitrogens with zero attached hydrogens (tertiary/aromatic N) is 3. The van der Waals surface area contributed by atoms with Gasteiger partial charge in [0.2, 0.25) is 0 Å². The summed E-state index contributed by atoms with van der Waals surface area (Å²) in [7, 11) is 1.69. The lowest BCUT2D eigenvalue weighted by Crippen LogP contribution is -2.41. The van der Waals surface area contributed by atoms with E-state index in [0.29, 0.717) is 0 Å². The van der Waals surface area contributed by atoms with Crippen LogP contribution >= 0.6 is 15.9 Å². The Bertz CT molecular complexity index is 929. The van der Waals surface area contributed by atoms with E-state index in [-0.39, 0.29) is 6.04 Å². The van der Waals surface area contributed by atoms with E-state index >= 15 is 0 Å². The van der Waals surface area contributed by atoms with E-state index in [1.165, 1.54) is 5.56 Å². The smallest absolute Gasteiger partial charge is 0.137 e. The molecule has 7 heteroatoms. The number of hydrogen-bond acceptors (Lipinski definition) is 6. The van der Waals surface area contributed by atoms with Gasteiger partial charge in [0.05, 0.1) is 31.9 Å². The molecule has 146 valence electrons. The molecule has 2 aromatic carbocycles. The molecule has 1 N–H and O–H groups in total. The number of hydrogen-bond donors (Lipinski definition) is 1. The topological polar surface area (TPSA) is 59.5 Å². The summed E-state index contributed by atoms with van der Waals surface area (Å²) >= 11 is 3.54. The first-order chi connectivity index (χ1) is 13.7. The number of halogens is 1. The predicted octanol–water partition coefficient (Wildman–Crippen LogP) is 3.89. The summed E-state index contributed by atoms with van der Waals surface area (Å²) in [5, 5.41) is 4.56. The van der Waals surface area contributed by atoms with Crippen LogP contribution in [-0.2, 0) is 4.74 Å². The zero-order chi connectivity index (χ0) is 19.3.